The van der Waals surface area contributed by atoms with Gasteiger partial charge in [-0.15, -0.1) is 0 Å². The summed E-state index contributed by atoms with van der Waals surface area (Å²) in [6.07, 6.45) is 3.89. The molecule has 216 valence electrons. The summed E-state index contributed by atoms with van der Waals surface area (Å²) in [7, 11) is 0. The van der Waals surface area contributed by atoms with Crippen LogP contribution in [0.2, 0.25) is 0 Å². The molecule has 0 spiro atoms. The van der Waals surface area contributed by atoms with E-state index in [2.05, 4.69) is 74.0 Å². The summed E-state index contributed by atoms with van der Waals surface area (Å²) in [6, 6.07) is 28.4. The Morgan fingerprint density at radius 3 is 2.47 bits per heavy atom. The molecule has 0 radical (unpaired) electrons. The summed E-state index contributed by atoms with van der Waals surface area (Å²) in [5, 5.41) is 6.43. The van der Waals surface area contributed by atoms with Gasteiger partial charge >= 0.3 is 0 Å². The topological polar surface area (TPSA) is 61.4 Å². The van der Waals surface area contributed by atoms with E-state index >= 15 is 0 Å². The molecule has 6 rings (SSSR count). The van der Waals surface area contributed by atoms with Gasteiger partial charge in [-0.05, 0) is 73.7 Å². The zero-order chi connectivity index (χ0) is 30.1. The summed E-state index contributed by atoms with van der Waals surface area (Å²) < 4.78 is 9.65. The highest BCUT2D eigenvalue weighted by atomic mass is 16.5. The standard InChI is InChI=1S/C37H36N4O2/c1-6-43-35-19-26(5)32(20-31(35)24(2)3)36-39-33-16-9-7-15-30(33)37(42)41(36)38-21-28-23-40(34-17-10-8-14-29(28)34)22-27-13-11-12-25(4)18-27/h7-21,23-24H,6,22H2,1-5H3. The molecule has 0 aliphatic heterocycles. The van der Waals surface area contributed by atoms with Crippen molar-refractivity contribution in [2.75, 3.05) is 6.61 Å². The normalized spacial score (nSPS) is 11.8. The molecule has 0 unspecified atom stereocenters. The molecule has 0 aliphatic carbocycles. The lowest BCUT2D eigenvalue weighted by Gasteiger charge is -2.18. The highest BCUT2D eigenvalue weighted by Gasteiger charge is 2.19. The van der Waals surface area contributed by atoms with E-state index in [9.17, 15) is 4.79 Å². The third kappa shape index (κ3) is 5.48. The molecule has 0 aliphatic rings. The van der Waals surface area contributed by atoms with E-state index in [1.807, 2.05) is 50.2 Å². The largest absolute Gasteiger partial charge is 0.494 e. The maximum Gasteiger partial charge on any atom is 0.282 e. The molecule has 6 aromatic rings. The number of aryl methyl sites for hydroxylation is 2. The third-order valence-corrected chi connectivity index (χ3v) is 7.84. The fraction of sp³-hybridized carbons (Fsp3) is 0.216. The first-order chi connectivity index (χ1) is 20.8. The van der Waals surface area contributed by atoms with Crippen molar-refractivity contribution in [2.24, 2.45) is 5.10 Å². The average molecular weight is 569 g/mol. The Hall–Kier alpha value is -4.97. The molecule has 0 N–H and O–H groups in total. The van der Waals surface area contributed by atoms with E-state index in [1.165, 1.54) is 15.8 Å². The lowest BCUT2D eigenvalue weighted by molar-refractivity contribution is 0.335. The molecular weight excluding hydrogens is 532 g/mol. The van der Waals surface area contributed by atoms with Gasteiger partial charge < -0.3 is 9.30 Å². The maximum absolute atomic E-state index is 14.0. The van der Waals surface area contributed by atoms with Crippen molar-refractivity contribution < 1.29 is 4.74 Å². The number of nitrogens with zero attached hydrogens (tertiary/aromatic N) is 4. The van der Waals surface area contributed by atoms with Gasteiger partial charge in [-0.3, -0.25) is 4.79 Å². The highest BCUT2D eigenvalue weighted by Crippen LogP contribution is 2.34. The van der Waals surface area contributed by atoms with Gasteiger partial charge in [0.2, 0.25) is 0 Å². The SMILES string of the molecule is CCOc1cc(C)c(-c2nc3ccccc3c(=O)n2N=Cc2cn(Cc3cccc(C)c3)c3ccccc23)cc1C(C)C. The van der Waals surface area contributed by atoms with E-state index in [1.54, 1.807) is 12.3 Å². The van der Waals surface area contributed by atoms with Crippen molar-refractivity contribution >= 4 is 28.0 Å². The van der Waals surface area contributed by atoms with Crippen molar-refractivity contribution in [3.8, 4) is 17.1 Å². The smallest absolute Gasteiger partial charge is 0.282 e. The van der Waals surface area contributed by atoms with Gasteiger partial charge in [0, 0.05) is 34.8 Å². The predicted octanol–water partition coefficient (Wildman–Crippen LogP) is 8.09. The first-order valence-electron chi connectivity index (χ1n) is 14.8. The molecule has 0 bridgehead atoms. The lowest BCUT2D eigenvalue weighted by Crippen LogP contribution is -2.20. The number of benzene rings is 4. The van der Waals surface area contributed by atoms with Crippen molar-refractivity contribution in [3.63, 3.8) is 0 Å². The molecule has 2 aromatic heterocycles. The molecule has 6 heteroatoms. The Labute approximate surface area is 251 Å². The maximum atomic E-state index is 14.0. The van der Waals surface area contributed by atoms with Crippen LogP contribution >= 0.6 is 0 Å². The Balaban J connectivity index is 1.52. The predicted molar refractivity (Wildman–Crippen MR) is 177 cm³/mol. The summed E-state index contributed by atoms with van der Waals surface area (Å²) in [5.74, 6) is 1.59. The molecule has 43 heavy (non-hydrogen) atoms. The molecule has 2 heterocycles. The van der Waals surface area contributed by atoms with Crippen molar-refractivity contribution in [1.29, 1.82) is 0 Å². The monoisotopic (exact) mass is 568 g/mol. The van der Waals surface area contributed by atoms with Gasteiger partial charge in [-0.1, -0.05) is 74.0 Å². The van der Waals surface area contributed by atoms with Crippen LogP contribution in [0.5, 0.6) is 5.75 Å². The number of rotatable bonds is 8. The fourth-order valence-electron chi connectivity index (χ4n) is 5.71. The Morgan fingerprint density at radius 1 is 0.930 bits per heavy atom. The van der Waals surface area contributed by atoms with E-state index < -0.39 is 0 Å². The first kappa shape index (κ1) is 28.2. The molecule has 0 saturated heterocycles. The van der Waals surface area contributed by atoms with Crippen LogP contribution in [-0.2, 0) is 6.54 Å². The van der Waals surface area contributed by atoms with E-state index in [0.29, 0.717) is 23.3 Å². The third-order valence-electron chi connectivity index (χ3n) is 7.84. The second-order valence-corrected chi connectivity index (χ2v) is 11.3. The number of para-hydroxylation sites is 2. The molecule has 0 amide bonds. The molecule has 0 fully saturated rings. The van der Waals surface area contributed by atoms with Gasteiger partial charge in [-0.25, -0.2) is 4.98 Å². The zero-order valence-electron chi connectivity index (χ0n) is 25.3. The van der Waals surface area contributed by atoms with Crippen molar-refractivity contribution in [3.05, 3.63) is 129 Å². The minimum absolute atomic E-state index is 0.209. The summed E-state index contributed by atoms with van der Waals surface area (Å²) in [6.45, 7) is 11.7. The second-order valence-electron chi connectivity index (χ2n) is 11.3. The number of hydrogen-bond acceptors (Lipinski definition) is 4. The Bertz CT molecular complexity index is 2050. The minimum Gasteiger partial charge on any atom is -0.494 e. The molecule has 6 nitrogen and oxygen atoms in total. The van der Waals surface area contributed by atoms with Gasteiger partial charge in [0.15, 0.2) is 5.82 Å². The summed E-state index contributed by atoms with van der Waals surface area (Å²) >= 11 is 0. The van der Waals surface area contributed by atoms with Crippen LogP contribution in [0.1, 0.15) is 54.5 Å². The van der Waals surface area contributed by atoms with Gasteiger partial charge in [0.1, 0.15) is 5.75 Å². The molecule has 4 aromatic carbocycles. The first-order valence-corrected chi connectivity index (χ1v) is 14.8. The zero-order valence-corrected chi connectivity index (χ0v) is 25.3. The van der Waals surface area contributed by atoms with Gasteiger partial charge in [0.25, 0.3) is 5.56 Å². The molecule has 0 saturated carbocycles. The summed E-state index contributed by atoms with van der Waals surface area (Å²) in [4.78, 5) is 19.0. The van der Waals surface area contributed by atoms with Gasteiger partial charge in [0.05, 0.1) is 23.7 Å². The van der Waals surface area contributed by atoms with Gasteiger partial charge in [-0.2, -0.15) is 9.78 Å². The Kier molecular flexibility index (Phi) is 7.68. The second kappa shape index (κ2) is 11.7. The average Bonchev–Trinajstić information content (AvgIpc) is 3.34. The lowest BCUT2D eigenvalue weighted by atomic mass is 9.96. The number of ether oxygens (including phenoxy) is 1. The Morgan fingerprint density at radius 2 is 1.70 bits per heavy atom. The van der Waals surface area contributed by atoms with Crippen LogP contribution in [0.3, 0.4) is 0 Å². The number of hydrogen-bond donors (Lipinski definition) is 0. The number of aromatic nitrogens is 3. The molecular formula is C37H36N4O2. The van der Waals surface area contributed by atoms with E-state index in [-0.39, 0.29) is 11.5 Å². The highest BCUT2D eigenvalue weighted by molar-refractivity contribution is 5.99. The van der Waals surface area contributed by atoms with Crippen LogP contribution in [-0.4, -0.2) is 27.0 Å². The van der Waals surface area contributed by atoms with Crippen LogP contribution in [0, 0.1) is 13.8 Å². The van der Waals surface area contributed by atoms with Crippen molar-refractivity contribution in [1.82, 2.24) is 14.2 Å². The van der Waals surface area contributed by atoms with Crippen LogP contribution in [0.15, 0.2) is 101 Å². The molecule has 0 atom stereocenters. The van der Waals surface area contributed by atoms with Crippen LogP contribution in [0.4, 0.5) is 0 Å². The quantitative estimate of drug-likeness (QED) is 0.174. The van der Waals surface area contributed by atoms with Crippen molar-refractivity contribution in [2.45, 2.75) is 47.1 Å². The minimum atomic E-state index is -0.209. The van der Waals surface area contributed by atoms with Crippen LogP contribution in [0.25, 0.3) is 33.2 Å². The van der Waals surface area contributed by atoms with Crippen LogP contribution < -0.4 is 10.3 Å². The number of fused-ring (bicyclic) bond motifs is 2. The fourth-order valence-corrected chi connectivity index (χ4v) is 5.71. The van der Waals surface area contributed by atoms with E-state index in [4.69, 9.17) is 14.8 Å². The summed E-state index contributed by atoms with van der Waals surface area (Å²) in [5.41, 5.74) is 7.83. The van der Waals surface area contributed by atoms with E-state index in [0.717, 1.165) is 45.5 Å².